The van der Waals surface area contributed by atoms with E-state index in [9.17, 15) is 9.59 Å². The van der Waals surface area contributed by atoms with Crippen LogP contribution in [0.15, 0.2) is 72.2 Å². The van der Waals surface area contributed by atoms with Gasteiger partial charge in [0.25, 0.3) is 11.5 Å². The predicted octanol–water partition coefficient (Wildman–Crippen LogP) is 2.07. The second-order valence-corrected chi connectivity index (χ2v) is 7.99. The highest BCUT2D eigenvalue weighted by atomic mass is 16.5. The van der Waals surface area contributed by atoms with Gasteiger partial charge in [0.05, 0.1) is 30.2 Å². The van der Waals surface area contributed by atoms with Crippen molar-refractivity contribution in [3.63, 3.8) is 0 Å². The quantitative estimate of drug-likeness (QED) is 0.270. The minimum atomic E-state index is -2.76. The molecule has 3 N–H and O–H groups in total. The van der Waals surface area contributed by atoms with Gasteiger partial charge in [0.1, 0.15) is 12.1 Å². The number of rotatable bonds is 8. The molecule has 1 amide bonds. The standard InChI is InChI=1S/C25H23N11O3/c1-26-25(38)21-17(30-24-22(39-3)16(9-10-27-24)23-29-14-35(2)34-23)12-19(32-33-21)31-18-8-7-15(13-28-18)36-11-5-4-6-20(36)37/h4-14H,1-3H3,(H,26,38)(H2,27,28,30,31,32)/i1D3. The van der Waals surface area contributed by atoms with E-state index < -0.39 is 12.9 Å². The first-order chi connectivity index (χ1) is 20.1. The molecule has 14 heteroatoms. The third-order valence-corrected chi connectivity index (χ3v) is 5.43. The summed E-state index contributed by atoms with van der Waals surface area (Å²) < 4.78 is 30.8. The lowest BCUT2D eigenvalue weighted by Crippen LogP contribution is -2.21. The van der Waals surface area contributed by atoms with Crippen LogP contribution < -0.4 is 26.2 Å². The molecule has 0 spiro atoms. The van der Waals surface area contributed by atoms with Gasteiger partial charge in [-0.25, -0.2) is 15.0 Å². The zero-order valence-corrected chi connectivity index (χ0v) is 20.7. The number of pyridine rings is 3. The molecule has 0 aliphatic carbocycles. The number of aryl methyl sites for hydroxylation is 1. The number of nitrogens with one attached hydrogen (secondary N) is 3. The Labute approximate surface area is 226 Å². The summed E-state index contributed by atoms with van der Waals surface area (Å²) in [6.07, 6.45) is 6.15. The highest BCUT2D eigenvalue weighted by molar-refractivity contribution is 5.98. The zero-order chi connectivity index (χ0) is 29.9. The van der Waals surface area contributed by atoms with Crippen LogP contribution in [0.4, 0.5) is 23.1 Å². The normalized spacial score (nSPS) is 12.1. The third-order valence-electron chi connectivity index (χ3n) is 5.43. The average molecular weight is 529 g/mol. The molecule has 5 aromatic heterocycles. The number of hydrogen-bond donors (Lipinski definition) is 3. The number of carbonyl (C=O) groups excluding carboxylic acids is 1. The molecule has 0 aliphatic rings. The summed E-state index contributed by atoms with van der Waals surface area (Å²) in [6, 6.07) is 11.2. The van der Waals surface area contributed by atoms with Crippen molar-refractivity contribution in [2.24, 2.45) is 7.05 Å². The summed E-state index contributed by atoms with van der Waals surface area (Å²) in [5, 5.41) is 20.2. The molecule has 5 heterocycles. The van der Waals surface area contributed by atoms with E-state index in [1.165, 1.54) is 47.2 Å². The minimum absolute atomic E-state index is 0.0682. The number of anilines is 4. The van der Waals surface area contributed by atoms with Gasteiger partial charge >= 0.3 is 0 Å². The Hall–Kier alpha value is -5.66. The lowest BCUT2D eigenvalue weighted by Gasteiger charge is -2.15. The lowest BCUT2D eigenvalue weighted by atomic mass is 10.2. The summed E-state index contributed by atoms with van der Waals surface area (Å²) in [5.41, 5.74) is 0.620. The van der Waals surface area contributed by atoms with Gasteiger partial charge in [0, 0.05) is 42.7 Å². The van der Waals surface area contributed by atoms with Gasteiger partial charge < -0.3 is 20.7 Å². The molecule has 5 aromatic rings. The van der Waals surface area contributed by atoms with Gasteiger partial charge in [-0.2, -0.15) is 5.10 Å². The predicted molar refractivity (Wildman–Crippen MR) is 143 cm³/mol. The summed E-state index contributed by atoms with van der Waals surface area (Å²) in [7, 11) is 3.16. The Morgan fingerprint density at radius 3 is 2.67 bits per heavy atom. The van der Waals surface area contributed by atoms with Crippen molar-refractivity contribution in [3.05, 3.63) is 83.4 Å². The van der Waals surface area contributed by atoms with E-state index in [-0.39, 0.29) is 34.3 Å². The second-order valence-electron chi connectivity index (χ2n) is 7.99. The maximum Gasteiger partial charge on any atom is 0.273 e. The van der Waals surface area contributed by atoms with Crippen molar-refractivity contribution in [2.45, 2.75) is 0 Å². The van der Waals surface area contributed by atoms with Gasteiger partial charge in [-0.3, -0.25) is 18.8 Å². The SMILES string of the molecule is [2H]C([2H])([2H])NC(=O)c1nnc(Nc2ccc(-n3ccccc3=O)cn2)cc1Nc1nccc(-c2ncn(C)n2)c1OC. The number of carbonyl (C=O) groups is 1. The largest absolute Gasteiger partial charge is 0.492 e. The first kappa shape index (κ1) is 21.4. The molecular formula is C25H23N11O3. The van der Waals surface area contributed by atoms with Crippen LogP contribution in [0.3, 0.4) is 0 Å². The summed E-state index contributed by atoms with van der Waals surface area (Å²) >= 11 is 0. The molecule has 0 atom stereocenters. The van der Waals surface area contributed by atoms with Crippen molar-refractivity contribution in [3.8, 4) is 22.8 Å². The van der Waals surface area contributed by atoms with Crippen LogP contribution in [0.1, 0.15) is 14.6 Å². The molecule has 0 radical (unpaired) electrons. The fourth-order valence-electron chi connectivity index (χ4n) is 3.66. The molecule has 0 unspecified atom stereocenters. The van der Waals surface area contributed by atoms with Crippen LogP contribution in [-0.2, 0) is 7.05 Å². The highest BCUT2D eigenvalue weighted by Crippen LogP contribution is 2.35. The van der Waals surface area contributed by atoms with E-state index in [1.807, 2.05) is 5.32 Å². The third kappa shape index (κ3) is 5.24. The molecule has 0 saturated carbocycles. The molecule has 0 aliphatic heterocycles. The molecule has 5 rings (SSSR count). The Morgan fingerprint density at radius 1 is 1.05 bits per heavy atom. The highest BCUT2D eigenvalue weighted by Gasteiger charge is 2.20. The van der Waals surface area contributed by atoms with E-state index >= 15 is 0 Å². The Morgan fingerprint density at radius 2 is 1.95 bits per heavy atom. The summed E-state index contributed by atoms with van der Waals surface area (Å²) in [6.45, 7) is -2.76. The summed E-state index contributed by atoms with van der Waals surface area (Å²) in [4.78, 5) is 37.8. The molecule has 0 aromatic carbocycles. The van der Waals surface area contributed by atoms with E-state index in [4.69, 9.17) is 8.85 Å². The molecule has 14 nitrogen and oxygen atoms in total. The van der Waals surface area contributed by atoms with E-state index in [0.29, 0.717) is 22.9 Å². The van der Waals surface area contributed by atoms with Gasteiger partial charge in [-0.05, 0) is 24.3 Å². The number of methoxy groups -OCH3 is 1. The first-order valence-electron chi connectivity index (χ1n) is 12.9. The number of amides is 1. The summed E-state index contributed by atoms with van der Waals surface area (Å²) in [5.74, 6) is 0.366. The van der Waals surface area contributed by atoms with Crippen molar-refractivity contribution in [2.75, 3.05) is 24.7 Å². The molecule has 0 saturated heterocycles. The number of hydrogen-bond acceptors (Lipinski definition) is 11. The molecule has 0 bridgehead atoms. The Balaban J connectivity index is 1.49. The van der Waals surface area contributed by atoms with Crippen LogP contribution in [0.25, 0.3) is 17.1 Å². The van der Waals surface area contributed by atoms with Crippen molar-refractivity contribution in [1.29, 1.82) is 0 Å². The van der Waals surface area contributed by atoms with Crippen LogP contribution in [0, 0.1) is 0 Å². The number of ether oxygens (including phenoxy) is 1. The van der Waals surface area contributed by atoms with Crippen molar-refractivity contribution < 1.29 is 13.6 Å². The minimum Gasteiger partial charge on any atom is -0.492 e. The van der Waals surface area contributed by atoms with E-state index in [1.54, 1.807) is 43.6 Å². The van der Waals surface area contributed by atoms with Crippen LogP contribution >= 0.6 is 0 Å². The smallest absolute Gasteiger partial charge is 0.273 e. The maximum absolute atomic E-state index is 12.8. The van der Waals surface area contributed by atoms with Crippen molar-refractivity contribution in [1.82, 2.24) is 44.8 Å². The van der Waals surface area contributed by atoms with Gasteiger partial charge in [-0.1, -0.05) is 6.07 Å². The second kappa shape index (κ2) is 10.8. The Bertz CT molecular complexity index is 1800. The molecule has 196 valence electrons. The Kier molecular flexibility index (Phi) is 5.91. The fraction of sp³-hybridized carbons (Fsp3) is 0.120. The lowest BCUT2D eigenvalue weighted by molar-refractivity contribution is 0.0958. The van der Waals surface area contributed by atoms with Gasteiger partial charge in [-0.15, -0.1) is 10.2 Å². The fourth-order valence-corrected chi connectivity index (χ4v) is 3.66. The maximum atomic E-state index is 12.8. The first-order valence-corrected chi connectivity index (χ1v) is 11.4. The average Bonchev–Trinajstić information content (AvgIpc) is 3.39. The number of nitrogens with zero attached hydrogens (tertiary/aromatic N) is 8. The number of aromatic nitrogens is 8. The van der Waals surface area contributed by atoms with Crippen LogP contribution in [0.2, 0.25) is 0 Å². The van der Waals surface area contributed by atoms with Crippen molar-refractivity contribution >= 4 is 29.0 Å². The molecule has 39 heavy (non-hydrogen) atoms. The topological polar surface area (TPSA) is 167 Å². The van der Waals surface area contributed by atoms with E-state index in [2.05, 4.69) is 40.9 Å². The zero-order valence-electron chi connectivity index (χ0n) is 23.7. The van der Waals surface area contributed by atoms with Gasteiger partial charge in [0.2, 0.25) is 0 Å². The molecule has 0 fully saturated rings. The molecular weight excluding hydrogens is 502 g/mol. The van der Waals surface area contributed by atoms with E-state index in [0.717, 1.165) is 0 Å². The monoisotopic (exact) mass is 528 g/mol. The van der Waals surface area contributed by atoms with Gasteiger partial charge in [0.15, 0.2) is 28.9 Å². The van der Waals surface area contributed by atoms with Crippen LogP contribution in [0.5, 0.6) is 5.75 Å². The van der Waals surface area contributed by atoms with Crippen LogP contribution in [-0.4, -0.2) is 59.5 Å².